The molecule has 0 unspecified atom stereocenters. The minimum absolute atomic E-state index is 0.0344. The van der Waals surface area contributed by atoms with E-state index in [9.17, 15) is 29.4 Å². The number of aromatic carboxylic acids is 2. The molecule has 4 rings (SSSR count). The number of ether oxygens (including phenoxy) is 1. The Morgan fingerprint density at radius 2 is 1.92 bits per heavy atom. The second-order valence-electron chi connectivity index (χ2n) is 5.53. The molecule has 1 aromatic carbocycles. The summed E-state index contributed by atoms with van der Waals surface area (Å²) in [7, 11) is 1.17. The van der Waals surface area contributed by atoms with Crippen LogP contribution in [0.3, 0.4) is 0 Å². The topological polar surface area (TPSA) is 151 Å². The summed E-state index contributed by atoms with van der Waals surface area (Å²) in [6, 6.07) is 2.24. The molecule has 130 valence electrons. The molecule has 10 nitrogen and oxygen atoms in total. The third-order valence-corrected chi connectivity index (χ3v) is 4.20. The number of hydrogen-bond acceptors (Lipinski definition) is 6. The molecule has 3 aromatic heterocycles. The van der Waals surface area contributed by atoms with Gasteiger partial charge in [0, 0.05) is 5.39 Å². The van der Waals surface area contributed by atoms with Crippen LogP contribution in [0.25, 0.3) is 27.3 Å². The summed E-state index contributed by atoms with van der Waals surface area (Å²) < 4.78 is 5.75. The number of H-pyrrole nitrogens is 1. The largest absolute Gasteiger partial charge is 0.478 e. The van der Waals surface area contributed by atoms with E-state index in [4.69, 9.17) is 0 Å². The monoisotopic (exact) mass is 355 g/mol. The zero-order valence-electron chi connectivity index (χ0n) is 13.1. The lowest BCUT2D eigenvalue weighted by Crippen LogP contribution is -2.11. The Labute approximate surface area is 142 Å². The zero-order chi connectivity index (χ0) is 18.7. The number of methoxy groups -OCH3 is 1. The highest BCUT2D eigenvalue weighted by molar-refractivity contribution is 6.20. The molecular weight excluding hydrogens is 346 g/mol. The van der Waals surface area contributed by atoms with Crippen molar-refractivity contribution in [1.82, 2.24) is 14.4 Å². The number of pyridine rings is 1. The summed E-state index contributed by atoms with van der Waals surface area (Å²) in [6.07, 6.45) is 1.15. The Balaban J connectivity index is 2.32. The average molecular weight is 355 g/mol. The number of carbonyl (C=O) groups is 3. The maximum atomic E-state index is 12.7. The summed E-state index contributed by atoms with van der Waals surface area (Å²) in [5.41, 5.74) is -1.21. The predicted molar refractivity (Wildman–Crippen MR) is 87.3 cm³/mol. The van der Waals surface area contributed by atoms with E-state index < -0.39 is 23.3 Å². The molecule has 3 heterocycles. The van der Waals surface area contributed by atoms with E-state index >= 15 is 0 Å². The van der Waals surface area contributed by atoms with Gasteiger partial charge in [0.1, 0.15) is 23.2 Å². The molecule has 0 aliphatic heterocycles. The lowest BCUT2D eigenvalue weighted by molar-refractivity contribution is 0.0593. The van der Waals surface area contributed by atoms with Gasteiger partial charge in [0.15, 0.2) is 0 Å². The highest BCUT2D eigenvalue weighted by Crippen LogP contribution is 2.31. The molecule has 26 heavy (non-hydrogen) atoms. The number of imidazole rings is 1. The van der Waals surface area contributed by atoms with E-state index in [1.807, 2.05) is 0 Å². The Kier molecular flexibility index (Phi) is 3.01. The Morgan fingerprint density at radius 1 is 1.19 bits per heavy atom. The fourth-order valence-corrected chi connectivity index (χ4v) is 3.11. The summed E-state index contributed by atoms with van der Waals surface area (Å²) in [6.45, 7) is 0. The Morgan fingerprint density at radius 3 is 2.54 bits per heavy atom. The van der Waals surface area contributed by atoms with E-state index in [1.54, 1.807) is 0 Å². The van der Waals surface area contributed by atoms with E-state index in [0.29, 0.717) is 0 Å². The predicted octanol–water partition coefficient (Wildman–Crippen LogP) is 0.950. The van der Waals surface area contributed by atoms with Crippen molar-refractivity contribution in [2.75, 3.05) is 7.11 Å². The number of aromatic amines is 1. The van der Waals surface area contributed by atoms with Crippen LogP contribution in [0.15, 0.2) is 23.3 Å². The first-order valence-electron chi connectivity index (χ1n) is 7.22. The smallest absolute Gasteiger partial charge is 0.354 e. The minimum atomic E-state index is -1.38. The number of fused-ring (bicyclic) bond motifs is 2. The molecule has 0 atom stereocenters. The molecular formula is C16H9N3O7. The number of carboxylic acid groups (broad SMARTS) is 2. The standard InChI is InChI=1S/C16H9N3O7/c1-26-16(25)7-2-6-10(18-7)9-5(14(21)22)3-8(15(23)24)19-4-17-11(12(9)19)13(6)20/h2-4,18H,1H3,(H,21,22)(H,23,24). The van der Waals surface area contributed by atoms with Crippen LogP contribution < -0.4 is 5.43 Å². The Bertz CT molecular complexity index is 1310. The van der Waals surface area contributed by atoms with Crippen LogP contribution in [-0.2, 0) is 4.74 Å². The highest BCUT2D eigenvalue weighted by atomic mass is 16.5. The molecule has 0 spiro atoms. The second kappa shape index (κ2) is 5.02. The van der Waals surface area contributed by atoms with E-state index in [1.165, 1.54) is 13.2 Å². The first kappa shape index (κ1) is 15.6. The van der Waals surface area contributed by atoms with Crippen molar-refractivity contribution in [3.63, 3.8) is 0 Å². The second-order valence-corrected chi connectivity index (χ2v) is 5.53. The van der Waals surface area contributed by atoms with Gasteiger partial charge in [0.2, 0.25) is 5.43 Å². The van der Waals surface area contributed by atoms with Gasteiger partial charge in [-0.2, -0.15) is 0 Å². The van der Waals surface area contributed by atoms with Crippen LogP contribution in [-0.4, -0.2) is 49.6 Å². The molecule has 0 bridgehead atoms. The molecule has 0 amide bonds. The SMILES string of the molecule is COC(=O)c1cc2c(=O)c3ncn4c(C(=O)O)cc(C(=O)O)c(c2[nH]1)c34. The number of nitrogens with zero attached hydrogens (tertiary/aromatic N) is 2. The molecule has 0 saturated heterocycles. The van der Waals surface area contributed by atoms with Gasteiger partial charge in [-0.05, 0) is 12.1 Å². The summed E-state index contributed by atoms with van der Waals surface area (Å²) in [4.78, 5) is 54.3. The molecule has 0 radical (unpaired) electrons. The van der Waals surface area contributed by atoms with Crippen LogP contribution in [0.5, 0.6) is 0 Å². The van der Waals surface area contributed by atoms with Gasteiger partial charge in [-0.25, -0.2) is 19.4 Å². The highest BCUT2D eigenvalue weighted by Gasteiger charge is 2.26. The Hall–Kier alpha value is -3.95. The van der Waals surface area contributed by atoms with Gasteiger partial charge < -0.3 is 19.9 Å². The van der Waals surface area contributed by atoms with Crippen LogP contribution >= 0.6 is 0 Å². The van der Waals surface area contributed by atoms with Gasteiger partial charge >= 0.3 is 17.9 Å². The normalized spacial score (nSPS) is 11.4. The number of aromatic nitrogens is 3. The number of carbonyl (C=O) groups excluding carboxylic acids is 1. The summed E-state index contributed by atoms with van der Waals surface area (Å²) in [5, 5.41) is 19.1. The zero-order valence-corrected chi connectivity index (χ0v) is 13.1. The van der Waals surface area contributed by atoms with Crippen molar-refractivity contribution >= 4 is 45.2 Å². The van der Waals surface area contributed by atoms with Crippen LogP contribution in [0.4, 0.5) is 0 Å². The van der Waals surface area contributed by atoms with Crippen molar-refractivity contribution in [1.29, 1.82) is 0 Å². The first-order valence-corrected chi connectivity index (χ1v) is 7.22. The van der Waals surface area contributed by atoms with Crippen molar-refractivity contribution in [3.8, 4) is 0 Å². The lowest BCUT2D eigenvalue weighted by atomic mass is 10.0. The molecule has 10 heteroatoms. The van der Waals surface area contributed by atoms with Gasteiger partial charge in [-0.3, -0.25) is 9.20 Å². The maximum absolute atomic E-state index is 12.7. The van der Waals surface area contributed by atoms with E-state index in [-0.39, 0.29) is 44.3 Å². The van der Waals surface area contributed by atoms with Gasteiger partial charge in [0.05, 0.1) is 29.1 Å². The molecule has 4 aromatic rings. The van der Waals surface area contributed by atoms with Gasteiger partial charge in [-0.15, -0.1) is 0 Å². The fraction of sp³-hybridized carbons (Fsp3) is 0.0625. The van der Waals surface area contributed by atoms with Crippen LogP contribution in [0.1, 0.15) is 31.3 Å². The quantitative estimate of drug-likeness (QED) is 0.459. The van der Waals surface area contributed by atoms with Crippen LogP contribution in [0, 0.1) is 0 Å². The molecule has 0 aliphatic rings. The fourth-order valence-electron chi connectivity index (χ4n) is 3.11. The molecule has 3 N–H and O–H groups in total. The third kappa shape index (κ3) is 1.83. The van der Waals surface area contributed by atoms with Gasteiger partial charge in [-0.1, -0.05) is 0 Å². The maximum Gasteiger partial charge on any atom is 0.354 e. The number of carboxylic acids is 2. The first-order chi connectivity index (χ1) is 12.3. The van der Waals surface area contributed by atoms with Crippen molar-refractivity contribution in [2.45, 2.75) is 0 Å². The average Bonchev–Trinajstić information content (AvgIpc) is 3.23. The van der Waals surface area contributed by atoms with Crippen molar-refractivity contribution < 1.29 is 29.3 Å². The number of rotatable bonds is 3. The van der Waals surface area contributed by atoms with Crippen LogP contribution in [0.2, 0.25) is 0 Å². The van der Waals surface area contributed by atoms with E-state index in [2.05, 4.69) is 14.7 Å². The number of esters is 1. The molecule has 0 aliphatic carbocycles. The lowest BCUT2D eigenvalue weighted by Gasteiger charge is -2.08. The summed E-state index contributed by atoms with van der Waals surface area (Å²) >= 11 is 0. The summed E-state index contributed by atoms with van der Waals surface area (Å²) in [5.74, 6) is -3.49. The third-order valence-electron chi connectivity index (χ3n) is 4.20. The van der Waals surface area contributed by atoms with E-state index in [0.717, 1.165) is 16.8 Å². The molecule has 0 saturated carbocycles. The number of benzene rings is 1. The van der Waals surface area contributed by atoms with Crippen molar-refractivity contribution in [2.24, 2.45) is 0 Å². The van der Waals surface area contributed by atoms with Crippen molar-refractivity contribution in [3.05, 3.63) is 45.6 Å². The molecule has 0 fully saturated rings. The number of nitrogens with one attached hydrogen (secondary N) is 1. The minimum Gasteiger partial charge on any atom is -0.478 e. The van der Waals surface area contributed by atoms with Gasteiger partial charge in [0.25, 0.3) is 0 Å². The number of hydrogen-bond donors (Lipinski definition) is 3.